The van der Waals surface area contributed by atoms with Crippen LogP contribution in [0, 0.1) is 0 Å². The van der Waals surface area contributed by atoms with E-state index in [9.17, 15) is 4.79 Å². The fourth-order valence-corrected chi connectivity index (χ4v) is 3.18. The predicted molar refractivity (Wildman–Crippen MR) is 85.9 cm³/mol. The third-order valence-corrected chi connectivity index (χ3v) is 4.41. The van der Waals surface area contributed by atoms with E-state index < -0.39 is 0 Å². The minimum atomic E-state index is -0.111. The van der Waals surface area contributed by atoms with E-state index in [1.807, 2.05) is 18.2 Å². The molecule has 1 aromatic carbocycles. The number of rotatable bonds is 4. The molecule has 6 heteroatoms. The summed E-state index contributed by atoms with van der Waals surface area (Å²) in [6.07, 6.45) is 3.28. The predicted octanol–water partition coefficient (Wildman–Crippen LogP) is 1.54. The maximum atomic E-state index is 12.1. The Morgan fingerprint density at radius 1 is 1.24 bits per heavy atom. The maximum absolute atomic E-state index is 12.1. The zero-order valence-electron chi connectivity index (χ0n) is 12.0. The molecule has 108 valence electrons. The molecule has 0 fully saturated rings. The summed E-state index contributed by atoms with van der Waals surface area (Å²) in [6.45, 7) is 6.25. The van der Waals surface area contributed by atoms with Crippen molar-refractivity contribution in [3.63, 3.8) is 0 Å². The van der Waals surface area contributed by atoms with Crippen LogP contribution in [-0.2, 0) is 0 Å². The quantitative estimate of drug-likeness (QED) is 0.733. The lowest BCUT2D eigenvalue weighted by Gasteiger charge is -2.20. The molecule has 0 aliphatic carbocycles. The van der Waals surface area contributed by atoms with Gasteiger partial charge in [0.05, 0.1) is 4.53 Å². The van der Waals surface area contributed by atoms with Gasteiger partial charge < -0.3 is 4.90 Å². The average molecular weight is 300 g/mol. The maximum Gasteiger partial charge on any atom is 0.291 e. The average Bonchev–Trinajstić information content (AvgIpc) is 3.06. The van der Waals surface area contributed by atoms with Crippen molar-refractivity contribution in [1.29, 1.82) is 0 Å². The monoisotopic (exact) mass is 300 g/mol. The molecule has 0 unspecified atom stereocenters. The Morgan fingerprint density at radius 3 is 2.57 bits per heavy atom. The largest absolute Gasteiger partial charge is 0.372 e. The van der Waals surface area contributed by atoms with Crippen molar-refractivity contribution in [2.45, 2.75) is 13.8 Å². The Hall–Kier alpha value is -2.21. The summed E-state index contributed by atoms with van der Waals surface area (Å²) in [4.78, 5) is 19.1. The van der Waals surface area contributed by atoms with E-state index in [4.69, 9.17) is 0 Å². The summed E-state index contributed by atoms with van der Waals surface area (Å²) in [7, 11) is 0. The Kier molecular flexibility index (Phi) is 3.70. The first-order chi connectivity index (χ1) is 10.2. The summed E-state index contributed by atoms with van der Waals surface area (Å²) < 4.78 is 1.99. The van der Waals surface area contributed by atoms with Crippen molar-refractivity contribution < 1.29 is 0 Å². The first-order valence-corrected chi connectivity index (χ1v) is 7.74. The Balaban J connectivity index is 1.97. The van der Waals surface area contributed by atoms with Gasteiger partial charge in [0, 0.05) is 18.8 Å². The second-order valence-electron chi connectivity index (χ2n) is 4.63. The summed E-state index contributed by atoms with van der Waals surface area (Å²) in [6, 6.07) is 8.23. The molecule has 0 atom stereocenters. The van der Waals surface area contributed by atoms with Crippen LogP contribution in [0.15, 0.2) is 35.4 Å². The highest BCUT2D eigenvalue weighted by molar-refractivity contribution is 7.15. The molecule has 2 aromatic heterocycles. The molecule has 0 bridgehead atoms. The molecule has 3 rings (SSSR count). The van der Waals surface area contributed by atoms with Gasteiger partial charge in [-0.15, -0.1) is 0 Å². The van der Waals surface area contributed by atoms with Crippen LogP contribution < -0.4 is 15.0 Å². The molecular formula is C15H16N4OS. The van der Waals surface area contributed by atoms with E-state index in [2.05, 4.69) is 41.0 Å². The molecular weight excluding hydrogens is 284 g/mol. The minimum Gasteiger partial charge on any atom is -0.372 e. The van der Waals surface area contributed by atoms with E-state index >= 15 is 0 Å². The topological polar surface area (TPSA) is 50.5 Å². The van der Waals surface area contributed by atoms with Crippen LogP contribution in [0.25, 0.3) is 11.0 Å². The Labute approximate surface area is 126 Å². The lowest BCUT2D eigenvalue weighted by molar-refractivity contribution is 0.866. The number of fused-ring (bicyclic) bond motifs is 1. The number of hydrogen-bond acceptors (Lipinski definition) is 5. The Bertz CT molecular complexity index is 846. The molecule has 5 nitrogen and oxygen atoms in total. The number of anilines is 1. The molecule has 0 aliphatic heterocycles. The lowest BCUT2D eigenvalue weighted by Crippen LogP contribution is -2.23. The van der Waals surface area contributed by atoms with Crippen molar-refractivity contribution in [3.8, 4) is 0 Å². The van der Waals surface area contributed by atoms with Crippen LogP contribution in [0.3, 0.4) is 0 Å². The first kappa shape index (κ1) is 13.8. The van der Waals surface area contributed by atoms with Crippen LogP contribution in [0.4, 0.5) is 5.69 Å². The molecule has 0 aliphatic rings. The van der Waals surface area contributed by atoms with E-state index in [-0.39, 0.29) is 5.56 Å². The van der Waals surface area contributed by atoms with E-state index in [1.165, 1.54) is 27.9 Å². The highest BCUT2D eigenvalue weighted by atomic mass is 32.1. The van der Waals surface area contributed by atoms with Crippen LogP contribution in [0.1, 0.15) is 19.4 Å². The lowest BCUT2D eigenvalue weighted by atomic mass is 10.2. The molecule has 2 heterocycles. The number of benzene rings is 1. The van der Waals surface area contributed by atoms with Gasteiger partial charge in [-0.25, -0.2) is 4.98 Å². The standard InChI is InChI=1S/C15H16N4OS/c1-3-18(4-2)12-7-5-11(6-8-12)9-13-14(20)19-15(21-13)16-10-17-19/h5-10H,3-4H2,1-2H3/b13-9+. The second-order valence-corrected chi connectivity index (χ2v) is 5.64. The fourth-order valence-electron chi connectivity index (χ4n) is 2.30. The minimum absolute atomic E-state index is 0.111. The van der Waals surface area contributed by atoms with Crippen molar-refractivity contribution >= 4 is 28.1 Å². The molecule has 0 saturated heterocycles. The number of hydrogen-bond donors (Lipinski definition) is 0. The van der Waals surface area contributed by atoms with Gasteiger partial charge in [0.1, 0.15) is 6.33 Å². The van der Waals surface area contributed by atoms with E-state index in [1.54, 1.807) is 0 Å². The van der Waals surface area contributed by atoms with Gasteiger partial charge in [0.25, 0.3) is 5.56 Å². The van der Waals surface area contributed by atoms with Gasteiger partial charge in [-0.05, 0) is 37.6 Å². The summed E-state index contributed by atoms with van der Waals surface area (Å²) in [5.41, 5.74) is 2.09. The third-order valence-electron chi connectivity index (χ3n) is 3.44. The molecule has 0 spiro atoms. The number of aromatic nitrogens is 3. The molecule has 3 aromatic rings. The van der Waals surface area contributed by atoms with Gasteiger partial charge in [0.15, 0.2) is 0 Å². The van der Waals surface area contributed by atoms with Crippen LogP contribution in [0.5, 0.6) is 0 Å². The SMILES string of the molecule is CCN(CC)c1ccc(/C=c2/sc3ncnn3c2=O)cc1. The van der Waals surface area contributed by atoms with Gasteiger partial charge in [-0.1, -0.05) is 23.5 Å². The Morgan fingerprint density at radius 2 is 1.95 bits per heavy atom. The van der Waals surface area contributed by atoms with Crippen molar-refractivity contribution in [3.05, 3.63) is 51.0 Å². The van der Waals surface area contributed by atoms with Crippen molar-refractivity contribution in [2.24, 2.45) is 0 Å². The van der Waals surface area contributed by atoms with Gasteiger partial charge >= 0.3 is 0 Å². The molecule has 0 N–H and O–H groups in total. The highest BCUT2D eigenvalue weighted by Crippen LogP contribution is 2.15. The molecule has 0 saturated carbocycles. The smallest absolute Gasteiger partial charge is 0.291 e. The van der Waals surface area contributed by atoms with Crippen LogP contribution in [0.2, 0.25) is 0 Å². The van der Waals surface area contributed by atoms with Crippen molar-refractivity contribution in [2.75, 3.05) is 18.0 Å². The van der Waals surface area contributed by atoms with Gasteiger partial charge in [-0.3, -0.25) is 4.79 Å². The van der Waals surface area contributed by atoms with Crippen LogP contribution >= 0.6 is 11.3 Å². The highest BCUT2D eigenvalue weighted by Gasteiger charge is 2.05. The fraction of sp³-hybridized carbons (Fsp3) is 0.267. The molecule has 0 amide bonds. The third kappa shape index (κ3) is 2.54. The second kappa shape index (κ2) is 5.65. The van der Waals surface area contributed by atoms with Gasteiger partial charge in [0.2, 0.25) is 4.96 Å². The van der Waals surface area contributed by atoms with Crippen LogP contribution in [-0.4, -0.2) is 27.7 Å². The molecule has 0 radical (unpaired) electrons. The summed E-state index contributed by atoms with van der Waals surface area (Å²) in [5, 5.41) is 3.92. The summed E-state index contributed by atoms with van der Waals surface area (Å²) in [5.74, 6) is 0. The first-order valence-electron chi connectivity index (χ1n) is 6.92. The molecule has 21 heavy (non-hydrogen) atoms. The number of nitrogens with zero attached hydrogens (tertiary/aromatic N) is 4. The van der Waals surface area contributed by atoms with E-state index in [0.717, 1.165) is 18.7 Å². The van der Waals surface area contributed by atoms with Gasteiger partial charge in [-0.2, -0.15) is 9.61 Å². The van der Waals surface area contributed by atoms with E-state index in [0.29, 0.717) is 9.49 Å². The zero-order valence-corrected chi connectivity index (χ0v) is 12.8. The number of thiazole rings is 1. The zero-order chi connectivity index (χ0) is 14.8. The van der Waals surface area contributed by atoms with Crippen molar-refractivity contribution in [1.82, 2.24) is 14.6 Å². The summed E-state index contributed by atoms with van der Waals surface area (Å²) >= 11 is 1.36. The normalized spacial score (nSPS) is 12.2.